The zero-order chi connectivity index (χ0) is 15.4. The Bertz CT molecular complexity index is 630. The van der Waals surface area contributed by atoms with Crippen molar-refractivity contribution in [3.8, 4) is 0 Å². The Morgan fingerprint density at radius 3 is 2.48 bits per heavy atom. The highest BCUT2D eigenvalue weighted by molar-refractivity contribution is 6.00. The summed E-state index contributed by atoms with van der Waals surface area (Å²) in [6.45, 7) is 10.9. The van der Waals surface area contributed by atoms with E-state index in [4.69, 9.17) is 0 Å². The minimum atomic E-state index is -0.117. The van der Waals surface area contributed by atoms with Gasteiger partial charge in [-0.05, 0) is 31.6 Å². The van der Waals surface area contributed by atoms with Gasteiger partial charge in [0, 0.05) is 35.1 Å². The first kappa shape index (κ1) is 14.6. The van der Waals surface area contributed by atoms with Crippen LogP contribution in [0, 0.1) is 12.3 Å². The number of aromatic nitrogens is 2. The number of carbonyl (C=O) groups is 1. The highest BCUT2D eigenvalue weighted by atomic mass is 16.1. The molecule has 3 heteroatoms. The van der Waals surface area contributed by atoms with Crippen molar-refractivity contribution < 1.29 is 4.79 Å². The molecule has 0 saturated heterocycles. The number of aromatic amines is 1. The molecule has 0 bridgehead atoms. The number of ketones is 1. The van der Waals surface area contributed by atoms with Crippen molar-refractivity contribution in [2.45, 2.75) is 72.1 Å². The van der Waals surface area contributed by atoms with E-state index in [-0.39, 0.29) is 10.8 Å². The summed E-state index contributed by atoms with van der Waals surface area (Å²) in [7, 11) is 0. The Kier molecular flexibility index (Phi) is 3.16. The van der Waals surface area contributed by atoms with E-state index in [1.165, 1.54) is 16.8 Å². The molecule has 0 radical (unpaired) electrons. The fourth-order valence-electron chi connectivity index (χ4n) is 4.73. The Morgan fingerprint density at radius 2 is 1.86 bits per heavy atom. The van der Waals surface area contributed by atoms with E-state index in [2.05, 4.69) is 44.8 Å². The molecular weight excluding hydrogens is 260 g/mol. The summed E-state index contributed by atoms with van der Waals surface area (Å²) in [5, 5.41) is 7.70. The van der Waals surface area contributed by atoms with Crippen LogP contribution in [0.2, 0.25) is 0 Å². The van der Waals surface area contributed by atoms with Gasteiger partial charge in [-0.15, -0.1) is 0 Å². The third-order valence-electron chi connectivity index (χ3n) is 5.53. The lowest BCUT2D eigenvalue weighted by Gasteiger charge is -2.44. The van der Waals surface area contributed by atoms with Gasteiger partial charge in [-0.3, -0.25) is 9.89 Å². The van der Waals surface area contributed by atoms with Crippen LogP contribution in [0.1, 0.15) is 70.3 Å². The van der Waals surface area contributed by atoms with Crippen molar-refractivity contribution in [1.82, 2.24) is 10.2 Å². The highest BCUT2D eigenvalue weighted by Gasteiger charge is 2.48. The van der Waals surface area contributed by atoms with Crippen molar-refractivity contribution in [2.75, 3.05) is 0 Å². The third-order valence-corrected chi connectivity index (χ3v) is 5.53. The summed E-state index contributed by atoms with van der Waals surface area (Å²) in [6, 6.07) is 0. The Labute approximate surface area is 127 Å². The molecule has 2 aliphatic rings. The first-order valence-electron chi connectivity index (χ1n) is 8.14. The first-order valence-corrected chi connectivity index (χ1v) is 8.14. The Morgan fingerprint density at radius 1 is 1.19 bits per heavy atom. The standard InChI is InChI=1S/C18H26N2O/c1-6-18(7-2)15-11(3)19-20-13(15)8-12-9-17(4,5)10-14(21)16(12)18/h6-10H2,1-5H3,(H,19,20). The van der Waals surface area contributed by atoms with Gasteiger partial charge < -0.3 is 0 Å². The number of nitrogens with one attached hydrogen (secondary N) is 1. The van der Waals surface area contributed by atoms with E-state index >= 15 is 0 Å². The number of Topliss-reactive ketones (excluding diaryl/α,β-unsaturated/α-hetero) is 1. The second-order valence-corrected chi connectivity index (χ2v) is 7.56. The van der Waals surface area contributed by atoms with Crippen LogP contribution in [0.5, 0.6) is 0 Å². The van der Waals surface area contributed by atoms with Crippen LogP contribution in [0.4, 0.5) is 0 Å². The topological polar surface area (TPSA) is 45.8 Å². The second kappa shape index (κ2) is 4.56. The van der Waals surface area contributed by atoms with Crippen LogP contribution in [0.3, 0.4) is 0 Å². The SMILES string of the molecule is CCC1(CC)C2=C(Cc3n[nH]c(C)c31)CC(C)(C)CC2=O. The summed E-state index contributed by atoms with van der Waals surface area (Å²) >= 11 is 0. The summed E-state index contributed by atoms with van der Waals surface area (Å²) in [5.74, 6) is 0.371. The van der Waals surface area contributed by atoms with E-state index in [1.54, 1.807) is 0 Å². The summed E-state index contributed by atoms with van der Waals surface area (Å²) in [6.07, 6.45) is 4.51. The Hall–Kier alpha value is -1.38. The Balaban J connectivity index is 2.25. The largest absolute Gasteiger partial charge is 0.294 e. The number of rotatable bonds is 2. The minimum Gasteiger partial charge on any atom is -0.294 e. The summed E-state index contributed by atoms with van der Waals surface area (Å²) in [4.78, 5) is 12.9. The number of aryl methyl sites for hydroxylation is 1. The molecule has 0 unspecified atom stereocenters. The molecule has 3 nitrogen and oxygen atoms in total. The maximum Gasteiger partial charge on any atom is 0.160 e. The lowest BCUT2D eigenvalue weighted by atomic mass is 9.58. The lowest BCUT2D eigenvalue weighted by Crippen LogP contribution is -2.41. The van der Waals surface area contributed by atoms with Crippen molar-refractivity contribution >= 4 is 5.78 Å². The van der Waals surface area contributed by atoms with Gasteiger partial charge in [0.1, 0.15) is 0 Å². The molecule has 1 heterocycles. The van der Waals surface area contributed by atoms with Gasteiger partial charge in [0.15, 0.2) is 5.78 Å². The van der Waals surface area contributed by atoms with E-state index in [0.717, 1.165) is 37.0 Å². The van der Waals surface area contributed by atoms with Crippen molar-refractivity contribution in [3.63, 3.8) is 0 Å². The number of hydrogen-bond acceptors (Lipinski definition) is 2. The third kappa shape index (κ3) is 1.93. The monoisotopic (exact) mass is 286 g/mol. The highest BCUT2D eigenvalue weighted by Crippen LogP contribution is 2.52. The second-order valence-electron chi connectivity index (χ2n) is 7.56. The van der Waals surface area contributed by atoms with E-state index < -0.39 is 0 Å². The van der Waals surface area contributed by atoms with Gasteiger partial charge in [0.05, 0.1) is 5.69 Å². The van der Waals surface area contributed by atoms with Crippen LogP contribution in [0.15, 0.2) is 11.1 Å². The molecule has 1 aromatic heterocycles. The maximum absolute atomic E-state index is 12.9. The molecule has 1 N–H and O–H groups in total. The molecular formula is C18H26N2O. The fourth-order valence-corrected chi connectivity index (χ4v) is 4.73. The molecule has 114 valence electrons. The first-order chi connectivity index (χ1) is 9.84. The molecule has 0 atom stereocenters. The summed E-state index contributed by atoms with van der Waals surface area (Å²) in [5.41, 5.74) is 6.06. The van der Waals surface area contributed by atoms with Crippen LogP contribution in [-0.2, 0) is 16.6 Å². The van der Waals surface area contributed by atoms with Crippen LogP contribution in [0.25, 0.3) is 0 Å². The van der Waals surface area contributed by atoms with Gasteiger partial charge >= 0.3 is 0 Å². The molecule has 0 saturated carbocycles. The van der Waals surface area contributed by atoms with Crippen molar-refractivity contribution in [1.29, 1.82) is 0 Å². The predicted molar refractivity (Wildman–Crippen MR) is 84.3 cm³/mol. The minimum absolute atomic E-state index is 0.0893. The number of carbonyl (C=O) groups excluding carboxylic acids is 1. The average Bonchev–Trinajstić information content (AvgIpc) is 2.77. The molecule has 3 rings (SSSR count). The maximum atomic E-state index is 12.9. The molecule has 0 spiro atoms. The van der Waals surface area contributed by atoms with Crippen LogP contribution < -0.4 is 0 Å². The lowest BCUT2D eigenvalue weighted by molar-refractivity contribution is -0.119. The van der Waals surface area contributed by atoms with Gasteiger partial charge in [0.25, 0.3) is 0 Å². The number of allylic oxidation sites excluding steroid dienone is 2. The quantitative estimate of drug-likeness (QED) is 0.892. The van der Waals surface area contributed by atoms with Crippen LogP contribution >= 0.6 is 0 Å². The molecule has 2 aliphatic carbocycles. The zero-order valence-electron chi connectivity index (χ0n) is 13.9. The van der Waals surface area contributed by atoms with Gasteiger partial charge in [-0.1, -0.05) is 33.3 Å². The van der Waals surface area contributed by atoms with E-state index in [0.29, 0.717) is 12.2 Å². The van der Waals surface area contributed by atoms with E-state index in [9.17, 15) is 4.79 Å². The molecule has 0 fully saturated rings. The molecule has 1 aromatic rings. The van der Waals surface area contributed by atoms with Crippen LogP contribution in [-0.4, -0.2) is 16.0 Å². The molecule has 21 heavy (non-hydrogen) atoms. The number of fused-ring (bicyclic) bond motifs is 1. The van der Waals surface area contributed by atoms with Gasteiger partial charge in [-0.2, -0.15) is 5.10 Å². The molecule has 0 aliphatic heterocycles. The number of nitrogens with zero attached hydrogens (tertiary/aromatic N) is 1. The average molecular weight is 286 g/mol. The molecule has 0 aromatic carbocycles. The normalized spacial score (nSPS) is 23.0. The zero-order valence-corrected chi connectivity index (χ0v) is 13.9. The fraction of sp³-hybridized carbons (Fsp3) is 0.667. The van der Waals surface area contributed by atoms with Crippen molar-refractivity contribution in [2.24, 2.45) is 5.41 Å². The number of H-pyrrole nitrogens is 1. The summed E-state index contributed by atoms with van der Waals surface area (Å²) < 4.78 is 0. The van der Waals surface area contributed by atoms with Crippen molar-refractivity contribution in [3.05, 3.63) is 28.1 Å². The predicted octanol–water partition coefficient (Wildman–Crippen LogP) is 4.02. The van der Waals surface area contributed by atoms with Gasteiger partial charge in [-0.25, -0.2) is 0 Å². The molecule has 0 amide bonds. The smallest absolute Gasteiger partial charge is 0.160 e. The number of hydrogen-bond donors (Lipinski definition) is 1. The van der Waals surface area contributed by atoms with Gasteiger partial charge in [0.2, 0.25) is 0 Å². The van der Waals surface area contributed by atoms with E-state index in [1.807, 2.05) is 0 Å².